The predicted octanol–water partition coefficient (Wildman–Crippen LogP) is 5.77. The van der Waals surface area contributed by atoms with Crippen LogP contribution in [-0.2, 0) is 4.79 Å². The average molecular weight is 503 g/mol. The Hall–Kier alpha value is -1.28. The molecule has 4 nitrogen and oxygen atoms in total. The van der Waals surface area contributed by atoms with E-state index in [2.05, 4.69) is 42.2 Å². The Balaban J connectivity index is 1.90. The van der Waals surface area contributed by atoms with Crippen LogP contribution >= 0.6 is 55.2 Å². The molecule has 1 fully saturated rings. The first-order valence-electron chi connectivity index (χ1n) is 7.07. The molecule has 1 heterocycles. The number of phenolic OH excluding ortho intramolecular Hbond substituents is 1. The van der Waals surface area contributed by atoms with Crippen molar-refractivity contribution in [3.8, 4) is 5.75 Å². The van der Waals surface area contributed by atoms with Crippen LogP contribution in [0.15, 0.2) is 49.2 Å². The van der Waals surface area contributed by atoms with Crippen LogP contribution in [0.25, 0.3) is 6.08 Å². The van der Waals surface area contributed by atoms with E-state index in [0.29, 0.717) is 30.8 Å². The molecule has 0 radical (unpaired) electrons. The normalized spacial score (nSPS) is 17.4. The number of nitrogens with one attached hydrogen (secondary N) is 1. The second kappa shape index (κ2) is 7.53. The highest BCUT2D eigenvalue weighted by Crippen LogP contribution is 2.36. The van der Waals surface area contributed by atoms with Gasteiger partial charge in [-0.05, 0) is 70.5 Å². The van der Waals surface area contributed by atoms with Crippen molar-refractivity contribution in [3.05, 3.63) is 60.3 Å². The molecular weight excluding hydrogens is 492 g/mol. The lowest BCUT2D eigenvalue weighted by molar-refractivity contribution is -0.115. The molecule has 1 aliphatic rings. The van der Waals surface area contributed by atoms with Crippen molar-refractivity contribution < 1.29 is 9.90 Å². The molecule has 0 aliphatic carbocycles. The van der Waals surface area contributed by atoms with Gasteiger partial charge in [-0.2, -0.15) is 0 Å². The SMILES string of the molecule is Cc1ccc(N=C2NC(=O)/C(=C/c3cc(Br)cc(Br)c3O)S2)cc1Cl. The van der Waals surface area contributed by atoms with Crippen LogP contribution in [0.3, 0.4) is 0 Å². The first kappa shape index (κ1) is 18.5. The lowest BCUT2D eigenvalue weighted by atomic mass is 10.2. The van der Waals surface area contributed by atoms with Crippen molar-refractivity contribution in [1.82, 2.24) is 5.32 Å². The van der Waals surface area contributed by atoms with Crippen molar-refractivity contribution in [1.29, 1.82) is 0 Å². The van der Waals surface area contributed by atoms with Crippen LogP contribution in [0.4, 0.5) is 5.69 Å². The Bertz CT molecular complexity index is 944. The first-order valence-corrected chi connectivity index (χ1v) is 9.85. The third-order valence-electron chi connectivity index (χ3n) is 3.38. The van der Waals surface area contributed by atoms with Crippen molar-refractivity contribution in [2.75, 3.05) is 0 Å². The standard InChI is InChI=1S/C17H11Br2ClN2O2S/c1-8-2-3-11(7-13(8)20)21-17-22-16(24)14(25-17)5-9-4-10(18)6-12(19)15(9)23/h2-7,23H,1H3,(H,21,22,24)/b14-5-. The number of carbonyl (C=O) groups excluding carboxylic acids is 1. The maximum Gasteiger partial charge on any atom is 0.264 e. The Morgan fingerprint density at radius 1 is 1.28 bits per heavy atom. The number of aryl methyl sites for hydroxylation is 1. The van der Waals surface area contributed by atoms with Gasteiger partial charge in [0.15, 0.2) is 5.17 Å². The quantitative estimate of drug-likeness (QED) is 0.513. The molecule has 1 amide bonds. The number of halogens is 3. The minimum Gasteiger partial charge on any atom is -0.506 e. The van der Waals surface area contributed by atoms with Crippen molar-refractivity contribution in [2.24, 2.45) is 4.99 Å². The van der Waals surface area contributed by atoms with Crippen molar-refractivity contribution in [3.63, 3.8) is 0 Å². The summed E-state index contributed by atoms with van der Waals surface area (Å²) in [6.07, 6.45) is 1.62. The van der Waals surface area contributed by atoms with Crippen LogP contribution in [0.2, 0.25) is 5.02 Å². The minimum absolute atomic E-state index is 0.0693. The molecule has 0 unspecified atom stereocenters. The zero-order valence-corrected chi connectivity index (χ0v) is 17.6. The largest absolute Gasteiger partial charge is 0.506 e. The summed E-state index contributed by atoms with van der Waals surface area (Å²) in [6, 6.07) is 8.91. The van der Waals surface area contributed by atoms with Crippen LogP contribution in [0.5, 0.6) is 5.75 Å². The zero-order chi connectivity index (χ0) is 18.1. The molecule has 2 aromatic carbocycles. The molecule has 1 saturated heterocycles. The Morgan fingerprint density at radius 3 is 2.76 bits per heavy atom. The molecule has 0 spiro atoms. The maximum atomic E-state index is 12.2. The monoisotopic (exact) mass is 500 g/mol. The number of aliphatic imine (C=N–C) groups is 1. The summed E-state index contributed by atoms with van der Waals surface area (Å²) in [5.41, 5.74) is 2.15. The fraction of sp³-hybridized carbons (Fsp3) is 0.0588. The van der Waals surface area contributed by atoms with Crippen LogP contribution < -0.4 is 5.32 Å². The highest BCUT2D eigenvalue weighted by atomic mass is 79.9. The highest BCUT2D eigenvalue weighted by Gasteiger charge is 2.24. The molecule has 1 aliphatic heterocycles. The second-order valence-electron chi connectivity index (χ2n) is 5.24. The van der Waals surface area contributed by atoms with Gasteiger partial charge >= 0.3 is 0 Å². The molecule has 25 heavy (non-hydrogen) atoms. The summed E-state index contributed by atoms with van der Waals surface area (Å²) in [5, 5.41) is 13.9. The minimum atomic E-state index is -0.266. The van der Waals surface area contributed by atoms with Gasteiger partial charge in [0.25, 0.3) is 5.91 Å². The number of thioether (sulfide) groups is 1. The third kappa shape index (κ3) is 4.28. The van der Waals surface area contributed by atoms with Gasteiger partial charge in [0.1, 0.15) is 5.75 Å². The number of benzene rings is 2. The number of amidine groups is 1. The molecule has 0 saturated carbocycles. The van der Waals surface area contributed by atoms with Crippen LogP contribution in [0.1, 0.15) is 11.1 Å². The summed E-state index contributed by atoms with van der Waals surface area (Å²) in [5.74, 6) is -0.197. The van der Waals surface area contributed by atoms with Crippen LogP contribution in [-0.4, -0.2) is 16.2 Å². The molecule has 3 rings (SSSR count). The number of amides is 1. The van der Waals surface area contributed by atoms with E-state index in [9.17, 15) is 9.90 Å². The van der Waals surface area contributed by atoms with E-state index in [1.54, 1.807) is 24.3 Å². The van der Waals surface area contributed by atoms with Gasteiger partial charge in [-0.15, -0.1) is 0 Å². The summed E-state index contributed by atoms with van der Waals surface area (Å²) >= 11 is 13.9. The van der Waals surface area contributed by atoms with E-state index in [0.717, 1.165) is 10.0 Å². The van der Waals surface area contributed by atoms with Gasteiger partial charge in [-0.1, -0.05) is 33.6 Å². The van der Waals surface area contributed by atoms with E-state index < -0.39 is 0 Å². The van der Waals surface area contributed by atoms with Gasteiger partial charge in [-0.3, -0.25) is 4.79 Å². The number of hydrogen-bond acceptors (Lipinski definition) is 4. The number of hydrogen-bond donors (Lipinski definition) is 2. The summed E-state index contributed by atoms with van der Waals surface area (Å²) < 4.78 is 1.33. The van der Waals surface area contributed by atoms with Gasteiger partial charge in [0.05, 0.1) is 15.1 Å². The first-order chi connectivity index (χ1) is 11.8. The highest BCUT2D eigenvalue weighted by molar-refractivity contribution is 9.11. The maximum absolute atomic E-state index is 12.2. The van der Waals surface area contributed by atoms with E-state index in [4.69, 9.17) is 11.6 Å². The van der Waals surface area contributed by atoms with E-state index in [1.807, 2.05) is 19.1 Å². The van der Waals surface area contributed by atoms with Crippen LogP contribution in [0, 0.1) is 6.92 Å². The topological polar surface area (TPSA) is 61.7 Å². The number of nitrogens with zero attached hydrogens (tertiary/aromatic N) is 1. The smallest absolute Gasteiger partial charge is 0.264 e. The van der Waals surface area contributed by atoms with Gasteiger partial charge in [0.2, 0.25) is 0 Å². The van der Waals surface area contributed by atoms with Crippen molar-refractivity contribution >= 4 is 78.1 Å². The molecule has 2 N–H and O–H groups in total. The zero-order valence-electron chi connectivity index (χ0n) is 12.8. The predicted molar refractivity (Wildman–Crippen MR) is 111 cm³/mol. The fourth-order valence-corrected chi connectivity index (χ4v) is 4.35. The lowest BCUT2D eigenvalue weighted by Gasteiger charge is -2.03. The van der Waals surface area contributed by atoms with Gasteiger partial charge in [0, 0.05) is 15.1 Å². The number of rotatable bonds is 2. The number of phenols is 1. The molecule has 128 valence electrons. The van der Waals surface area contributed by atoms with E-state index in [-0.39, 0.29) is 11.7 Å². The van der Waals surface area contributed by atoms with E-state index >= 15 is 0 Å². The molecule has 0 atom stereocenters. The summed E-state index contributed by atoms with van der Waals surface area (Å²) in [7, 11) is 0. The van der Waals surface area contributed by atoms with E-state index in [1.165, 1.54) is 11.8 Å². The molecule has 0 bridgehead atoms. The summed E-state index contributed by atoms with van der Waals surface area (Å²) in [6.45, 7) is 1.91. The Labute approximate surface area is 170 Å². The summed E-state index contributed by atoms with van der Waals surface area (Å²) in [4.78, 5) is 17.0. The van der Waals surface area contributed by atoms with Gasteiger partial charge < -0.3 is 10.4 Å². The third-order valence-corrected chi connectivity index (χ3v) is 5.76. The molecule has 8 heteroatoms. The number of carbonyl (C=O) groups is 1. The molecule has 0 aromatic heterocycles. The van der Waals surface area contributed by atoms with Crippen molar-refractivity contribution in [2.45, 2.75) is 6.92 Å². The molecule has 2 aromatic rings. The Kier molecular flexibility index (Phi) is 5.58. The molecular formula is C17H11Br2ClN2O2S. The lowest BCUT2D eigenvalue weighted by Crippen LogP contribution is -2.19. The fourth-order valence-electron chi connectivity index (χ4n) is 2.09. The Morgan fingerprint density at radius 2 is 2.04 bits per heavy atom. The number of aromatic hydroxyl groups is 1. The average Bonchev–Trinajstić information content (AvgIpc) is 2.87. The van der Waals surface area contributed by atoms with Gasteiger partial charge in [-0.25, -0.2) is 4.99 Å². The second-order valence-corrected chi connectivity index (χ2v) is 8.45.